The van der Waals surface area contributed by atoms with Gasteiger partial charge in [-0.3, -0.25) is 9.56 Å². The van der Waals surface area contributed by atoms with Gasteiger partial charge in [-0.15, -0.1) is 5.11 Å². The summed E-state index contributed by atoms with van der Waals surface area (Å²) in [6.07, 6.45) is 0. The van der Waals surface area contributed by atoms with E-state index >= 15 is 0 Å². The Hall–Kier alpha value is -2.10. The summed E-state index contributed by atoms with van der Waals surface area (Å²) in [5.74, 6) is -0.490. The SMILES string of the molecule is CN(C)N=Nc1ccc(Sc2ccc(O)c(S(=O)(=O)O)c2)cc1. The predicted octanol–water partition coefficient (Wildman–Crippen LogP) is 3.35. The summed E-state index contributed by atoms with van der Waals surface area (Å²) >= 11 is 1.29. The number of phenols is 1. The molecule has 0 saturated heterocycles. The van der Waals surface area contributed by atoms with Crippen LogP contribution in [0.2, 0.25) is 0 Å². The van der Waals surface area contributed by atoms with Crippen LogP contribution in [0, 0.1) is 0 Å². The number of nitrogens with zero attached hydrogens (tertiary/aromatic N) is 3. The molecule has 0 aromatic heterocycles. The van der Waals surface area contributed by atoms with E-state index in [2.05, 4.69) is 10.3 Å². The lowest BCUT2D eigenvalue weighted by atomic mass is 10.3. The Balaban J connectivity index is 2.20. The van der Waals surface area contributed by atoms with Gasteiger partial charge in [-0.2, -0.15) is 8.42 Å². The third-order valence-electron chi connectivity index (χ3n) is 2.62. The maximum absolute atomic E-state index is 11.2. The third kappa shape index (κ3) is 4.95. The van der Waals surface area contributed by atoms with Crippen LogP contribution in [0.4, 0.5) is 5.69 Å². The van der Waals surface area contributed by atoms with Gasteiger partial charge in [-0.05, 0) is 42.5 Å². The van der Waals surface area contributed by atoms with Crippen molar-refractivity contribution in [3.05, 3.63) is 42.5 Å². The summed E-state index contributed by atoms with van der Waals surface area (Å²) in [7, 11) is -0.928. The highest BCUT2D eigenvalue weighted by Crippen LogP contribution is 2.33. The first-order chi connectivity index (χ1) is 10.8. The van der Waals surface area contributed by atoms with Crippen molar-refractivity contribution >= 4 is 27.6 Å². The van der Waals surface area contributed by atoms with E-state index < -0.39 is 20.8 Å². The van der Waals surface area contributed by atoms with E-state index in [4.69, 9.17) is 4.55 Å². The van der Waals surface area contributed by atoms with Crippen LogP contribution in [0.15, 0.2) is 67.5 Å². The lowest BCUT2D eigenvalue weighted by molar-refractivity contribution is 0.408. The van der Waals surface area contributed by atoms with Gasteiger partial charge in [0.1, 0.15) is 10.6 Å². The Kier molecular flexibility index (Phi) is 5.24. The van der Waals surface area contributed by atoms with E-state index in [0.717, 1.165) is 4.90 Å². The summed E-state index contributed by atoms with van der Waals surface area (Å²) in [6.45, 7) is 0. The second-order valence-corrected chi connectivity index (χ2v) is 7.27. The van der Waals surface area contributed by atoms with Crippen LogP contribution in [-0.4, -0.2) is 37.2 Å². The molecule has 23 heavy (non-hydrogen) atoms. The molecule has 0 aliphatic rings. The highest BCUT2D eigenvalue weighted by molar-refractivity contribution is 7.99. The molecule has 2 aromatic rings. The van der Waals surface area contributed by atoms with E-state index in [1.807, 2.05) is 12.1 Å². The minimum absolute atomic E-state index is 0.490. The van der Waals surface area contributed by atoms with Gasteiger partial charge in [0, 0.05) is 23.9 Å². The zero-order valence-corrected chi connectivity index (χ0v) is 14.0. The lowest BCUT2D eigenvalue weighted by Gasteiger charge is -2.06. The van der Waals surface area contributed by atoms with Gasteiger partial charge in [0.2, 0.25) is 0 Å². The zero-order valence-electron chi connectivity index (χ0n) is 12.4. The molecule has 0 spiro atoms. The molecule has 0 atom stereocenters. The average molecular weight is 353 g/mol. The van der Waals surface area contributed by atoms with Crippen LogP contribution in [0.25, 0.3) is 0 Å². The van der Waals surface area contributed by atoms with Crippen LogP contribution < -0.4 is 0 Å². The Labute approximate surface area is 138 Å². The summed E-state index contributed by atoms with van der Waals surface area (Å²) < 4.78 is 31.5. The summed E-state index contributed by atoms with van der Waals surface area (Å²) in [5.41, 5.74) is 0.687. The molecule has 9 heteroatoms. The second-order valence-electron chi connectivity index (χ2n) is 4.74. The smallest absolute Gasteiger partial charge is 0.298 e. The molecule has 2 aromatic carbocycles. The van der Waals surface area contributed by atoms with Crippen LogP contribution >= 0.6 is 11.8 Å². The van der Waals surface area contributed by atoms with Gasteiger partial charge < -0.3 is 5.11 Å². The van der Waals surface area contributed by atoms with E-state index in [1.54, 1.807) is 37.3 Å². The predicted molar refractivity (Wildman–Crippen MR) is 86.7 cm³/mol. The number of hydrogen-bond donors (Lipinski definition) is 2. The van der Waals surface area contributed by atoms with Crippen LogP contribution in [0.5, 0.6) is 5.75 Å². The second kappa shape index (κ2) is 6.99. The van der Waals surface area contributed by atoms with Gasteiger partial charge in [-0.1, -0.05) is 17.0 Å². The van der Waals surface area contributed by atoms with Crippen LogP contribution in [0.3, 0.4) is 0 Å². The van der Waals surface area contributed by atoms with E-state index in [-0.39, 0.29) is 0 Å². The van der Waals surface area contributed by atoms with Crippen molar-refractivity contribution in [2.75, 3.05) is 14.1 Å². The van der Waals surface area contributed by atoms with Gasteiger partial charge in [0.25, 0.3) is 10.1 Å². The van der Waals surface area contributed by atoms with Crippen molar-refractivity contribution in [3.8, 4) is 5.75 Å². The molecular formula is C14H15N3O4S2. The number of aromatic hydroxyl groups is 1. The first-order valence-electron chi connectivity index (χ1n) is 6.43. The average Bonchev–Trinajstić information content (AvgIpc) is 2.47. The molecule has 0 aliphatic heterocycles. The lowest BCUT2D eigenvalue weighted by Crippen LogP contribution is -1.98. The molecule has 0 amide bonds. The van der Waals surface area contributed by atoms with Gasteiger partial charge in [0.05, 0.1) is 5.69 Å². The van der Waals surface area contributed by atoms with Crippen LogP contribution in [-0.2, 0) is 10.1 Å². The van der Waals surface area contributed by atoms with Crippen molar-refractivity contribution in [1.82, 2.24) is 5.01 Å². The Morgan fingerprint density at radius 1 is 1.04 bits per heavy atom. The molecule has 0 heterocycles. The molecular weight excluding hydrogens is 338 g/mol. The van der Waals surface area contributed by atoms with Crippen molar-refractivity contribution in [2.24, 2.45) is 10.3 Å². The monoisotopic (exact) mass is 353 g/mol. The van der Waals surface area contributed by atoms with Gasteiger partial charge >= 0.3 is 0 Å². The zero-order chi connectivity index (χ0) is 17.0. The first kappa shape index (κ1) is 17.3. The highest BCUT2D eigenvalue weighted by atomic mass is 32.2. The maximum Gasteiger partial charge on any atom is 0.298 e. The fourth-order valence-corrected chi connectivity index (χ4v) is 3.16. The van der Waals surface area contributed by atoms with Gasteiger partial charge in [-0.25, -0.2) is 0 Å². The minimum Gasteiger partial charge on any atom is -0.506 e. The number of phenolic OH excluding ortho intramolecular Hbond substituents is 1. The molecule has 0 unspecified atom stereocenters. The molecule has 0 saturated carbocycles. The van der Waals surface area contributed by atoms with E-state index in [1.165, 1.54) is 23.9 Å². The fourth-order valence-electron chi connectivity index (χ4n) is 1.62. The van der Waals surface area contributed by atoms with Crippen molar-refractivity contribution < 1.29 is 18.1 Å². The summed E-state index contributed by atoms with van der Waals surface area (Å²) in [5, 5.41) is 19.0. The molecule has 0 bridgehead atoms. The van der Waals surface area contributed by atoms with E-state index in [9.17, 15) is 13.5 Å². The fraction of sp³-hybridized carbons (Fsp3) is 0.143. The van der Waals surface area contributed by atoms with E-state index in [0.29, 0.717) is 10.6 Å². The van der Waals surface area contributed by atoms with Gasteiger partial charge in [0.15, 0.2) is 0 Å². The topological polar surface area (TPSA) is 103 Å². The van der Waals surface area contributed by atoms with Crippen LogP contribution in [0.1, 0.15) is 0 Å². The van der Waals surface area contributed by atoms with Crippen molar-refractivity contribution in [1.29, 1.82) is 0 Å². The standard InChI is InChI=1S/C14H15N3O4S2/c1-17(2)16-15-10-3-5-11(6-4-10)22-12-7-8-13(18)14(9-12)23(19,20)21/h3-9,18H,1-2H3,(H,19,20,21). The molecule has 7 nitrogen and oxygen atoms in total. The number of rotatable bonds is 5. The normalized spacial score (nSPS) is 11.8. The largest absolute Gasteiger partial charge is 0.506 e. The summed E-state index contributed by atoms with van der Waals surface area (Å²) in [4.78, 5) is 0.901. The number of benzene rings is 2. The molecule has 0 fully saturated rings. The Morgan fingerprint density at radius 2 is 1.65 bits per heavy atom. The third-order valence-corrected chi connectivity index (χ3v) is 4.50. The molecule has 122 valence electrons. The molecule has 0 aliphatic carbocycles. The number of hydrogen-bond acceptors (Lipinski definition) is 6. The first-order valence-corrected chi connectivity index (χ1v) is 8.69. The highest BCUT2D eigenvalue weighted by Gasteiger charge is 2.16. The Morgan fingerprint density at radius 3 is 2.22 bits per heavy atom. The molecule has 2 rings (SSSR count). The maximum atomic E-state index is 11.2. The Bertz CT molecular complexity index is 818. The summed E-state index contributed by atoms with van der Waals surface area (Å²) in [6, 6.07) is 11.2. The quantitative estimate of drug-likeness (QED) is 0.485. The van der Waals surface area contributed by atoms with Crippen molar-refractivity contribution in [3.63, 3.8) is 0 Å². The molecule has 2 N–H and O–H groups in total. The van der Waals surface area contributed by atoms with Crippen molar-refractivity contribution in [2.45, 2.75) is 14.7 Å². The molecule has 0 radical (unpaired) electrons. The minimum atomic E-state index is -4.47.